The van der Waals surface area contributed by atoms with E-state index in [-0.39, 0.29) is 0 Å². The maximum absolute atomic E-state index is 10.4. The molecule has 0 spiro atoms. The fourth-order valence-electron chi connectivity index (χ4n) is 2.36. The van der Waals surface area contributed by atoms with E-state index in [9.17, 15) is 9.90 Å². The summed E-state index contributed by atoms with van der Waals surface area (Å²) in [5.41, 5.74) is 2.76. The van der Waals surface area contributed by atoms with Crippen LogP contribution in [-0.4, -0.2) is 24.6 Å². The van der Waals surface area contributed by atoms with Crippen molar-refractivity contribution in [2.45, 2.75) is 18.9 Å². The van der Waals surface area contributed by atoms with Crippen molar-refractivity contribution in [3.63, 3.8) is 0 Å². The van der Waals surface area contributed by atoms with E-state index in [0.717, 1.165) is 17.8 Å². The molecule has 0 bridgehead atoms. The van der Waals surface area contributed by atoms with Gasteiger partial charge in [0.2, 0.25) is 6.41 Å². The Kier molecular flexibility index (Phi) is 6.59. The molecule has 2 rings (SSSR count). The molecule has 0 aliphatic heterocycles. The molecule has 0 saturated heterocycles. The van der Waals surface area contributed by atoms with Crippen LogP contribution in [0.5, 0.6) is 0 Å². The van der Waals surface area contributed by atoms with Gasteiger partial charge in [0.15, 0.2) is 0 Å². The largest absolute Gasteiger partial charge is 0.387 e. The number of hydrogen-bond acceptors (Lipinski definition) is 3. The summed E-state index contributed by atoms with van der Waals surface area (Å²) in [5.74, 6) is 0.298. The van der Waals surface area contributed by atoms with E-state index in [0.29, 0.717) is 23.9 Å². The number of hydrogen-bond donors (Lipinski definition) is 3. The summed E-state index contributed by atoms with van der Waals surface area (Å²) in [6.45, 7) is 3.33. The highest BCUT2D eigenvalue weighted by Gasteiger charge is 2.10. The van der Waals surface area contributed by atoms with E-state index in [1.165, 1.54) is 5.56 Å². The average molecular weight is 333 g/mol. The molecule has 1 amide bonds. The van der Waals surface area contributed by atoms with Gasteiger partial charge in [-0.25, -0.2) is 0 Å². The van der Waals surface area contributed by atoms with Crippen molar-refractivity contribution in [2.75, 3.05) is 18.4 Å². The summed E-state index contributed by atoms with van der Waals surface area (Å²) in [6.07, 6.45) is 0.0806. The van der Waals surface area contributed by atoms with Crippen molar-refractivity contribution >= 4 is 23.7 Å². The molecular weight excluding hydrogens is 312 g/mol. The van der Waals surface area contributed by atoms with Crippen LogP contribution in [0.2, 0.25) is 5.02 Å². The molecule has 0 aliphatic carbocycles. The van der Waals surface area contributed by atoms with Crippen LogP contribution in [0.4, 0.5) is 5.69 Å². The number of nitrogens with one attached hydrogen (secondary N) is 2. The molecule has 4 nitrogen and oxygen atoms in total. The Bertz CT molecular complexity index is 631. The molecule has 3 N–H and O–H groups in total. The number of aliphatic hydroxyl groups excluding tert-OH is 1. The van der Waals surface area contributed by atoms with Gasteiger partial charge in [0.25, 0.3) is 0 Å². The molecule has 0 aromatic heterocycles. The summed E-state index contributed by atoms with van der Waals surface area (Å²) in [5, 5.41) is 16.7. The summed E-state index contributed by atoms with van der Waals surface area (Å²) >= 11 is 5.93. The number of rotatable bonds is 8. The number of carbonyl (C=O) groups is 1. The van der Waals surface area contributed by atoms with E-state index >= 15 is 0 Å². The maximum atomic E-state index is 10.4. The Morgan fingerprint density at radius 1 is 1.13 bits per heavy atom. The van der Waals surface area contributed by atoms with Crippen LogP contribution in [0.15, 0.2) is 48.5 Å². The van der Waals surface area contributed by atoms with Crippen molar-refractivity contribution in [1.82, 2.24) is 5.32 Å². The van der Waals surface area contributed by atoms with Crippen LogP contribution in [0.1, 0.15) is 30.1 Å². The number of halogens is 1. The maximum Gasteiger partial charge on any atom is 0.211 e. The molecule has 0 saturated carbocycles. The molecule has 23 heavy (non-hydrogen) atoms. The SMILES string of the molecule is CC(CNCC(O)c1cccc(Cl)c1)c1ccc(NC=O)cc1. The van der Waals surface area contributed by atoms with Crippen LogP contribution < -0.4 is 10.6 Å². The minimum Gasteiger partial charge on any atom is -0.387 e. The van der Waals surface area contributed by atoms with Gasteiger partial charge in [0, 0.05) is 23.8 Å². The molecule has 0 radical (unpaired) electrons. The first-order chi connectivity index (χ1) is 11.1. The smallest absolute Gasteiger partial charge is 0.211 e. The van der Waals surface area contributed by atoms with Crippen LogP contribution >= 0.6 is 11.6 Å². The first-order valence-corrected chi connectivity index (χ1v) is 7.92. The molecule has 2 unspecified atom stereocenters. The molecule has 2 atom stereocenters. The van der Waals surface area contributed by atoms with Gasteiger partial charge in [-0.2, -0.15) is 0 Å². The highest BCUT2D eigenvalue weighted by molar-refractivity contribution is 6.30. The lowest BCUT2D eigenvalue weighted by atomic mass is 10.0. The highest BCUT2D eigenvalue weighted by atomic mass is 35.5. The number of carbonyl (C=O) groups excluding carboxylic acids is 1. The first kappa shape index (κ1) is 17.5. The van der Waals surface area contributed by atoms with Gasteiger partial charge in [-0.05, 0) is 41.3 Å². The number of benzene rings is 2. The van der Waals surface area contributed by atoms with E-state index in [1.807, 2.05) is 36.4 Å². The number of aliphatic hydroxyl groups is 1. The summed E-state index contributed by atoms with van der Waals surface area (Å²) in [6, 6.07) is 15.0. The van der Waals surface area contributed by atoms with Gasteiger partial charge in [-0.3, -0.25) is 4.79 Å². The fourth-order valence-corrected chi connectivity index (χ4v) is 2.56. The molecule has 5 heteroatoms. The number of anilines is 1. The number of amides is 1. The second-order valence-electron chi connectivity index (χ2n) is 5.51. The third-order valence-corrected chi connectivity index (χ3v) is 3.96. The topological polar surface area (TPSA) is 61.4 Å². The zero-order chi connectivity index (χ0) is 16.7. The van der Waals surface area contributed by atoms with E-state index in [4.69, 9.17) is 11.6 Å². The highest BCUT2D eigenvalue weighted by Crippen LogP contribution is 2.19. The van der Waals surface area contributed by atoms with Gasteiger partial charge in [0.1, 0.15) is 0 Å². The molecule has 2 aromatic carbocycles. The lowest BCUT2D eigenvalue weighted by Gasteiger charge is -2.16. The standard InChI is InChI=1S/C18H21ClN2O2/c1-13(14-5-7-17(8-6-14)21-12-22)10-20-11-18(23)15-3-2-4-16(19)9-15/h2-9,12-13,18,20,23H,10-11H2,1H3,(H,21,22). The third-order valence-electron chi connectivity index (χ3n) is 3.73. The van der Waals surface area contributed by atoms with Gasteiger partial charge < -0.3 is 15.7 Å². The van der Waals surface area contributed by atoms with Gasteiger partial charge in [-0.1, -0.05) is 42.8 Å². The minimum absolute atomic E-state index is 0.298. The predicted octanol–water partition coefficient (Wildman–Crippen LogP) is 3.34. The van der Waals surface area contributed by atoms with Crippen molar-refractivity contribution in [1.29, 1.82) is 0 Å². The Morgan fingerprint density at radius 2 is 1.87 bits per heavy atom. The summed E-state index contributed by atoms with van der Waals surface area (Å²) in [7, 11) is 0. The first-order valence-electron chi connectivity index (χ1n) is 7.54. The second kappa shape index (κ2) is 8.67. The minimum atomic E-state index is -0.583. The lowest BCUT2D eigenvalue weighted by molar-refractivity contribution is -0.105. The summed E-state index contributed by atoms with van der Waals surface area (Å²) in [4.78, 5) is 10.4. The van der Waals surface area contributed by atoms with Gasteiger partial charge in [0.05, 0.1) is 6.10 Å². The van der Waals surface area contributed by atoms with Gasteiger partial charge >= 0.3 is 0 Å². The predicted molar refractivity (Wildman–Crippen MR) is 93.8 cm³/mol. The van der Waals surface area contributed by atoms with E-state index < -0.39 is 6.10 Å². The Hall–Kier alpha value is -1.88. The van der Waals surface area contributed by atoms with Crippen molar-refractivity contribution in [3.8, 4) is 0 Å². The third kappa shape index (κ3) is 5.36. The Labute approximate surface area is 141 Å². The summed E-state index contributed by atoms with van der Waals surface area (Å²) < 4.78 is 0. The lowest BCUT2D eigenvalue weighted by Crippen LogP contribution is -2.25. The fraction of sp³-hybridized carbons (Fsp3) is 0.278. The normalized spacial score (nSPS) is 13.3. The molecule has 2 aromatic rings. The van der Waals surface area contributed by atoms with Gasteiger partial charge in [-0.15, -0.1) is 0 Å². The Morgan fingerprint density at radius 3 is 2.52 bits per heavy atom. The molecule has 0 fully saturated rings. The van der Waals surface area contributed by atoms with Crippen LogP contribution in [0, 0.1) is 0 Å². The molecular formula is C18H21ClN2O2. The average Bonchev–Trinajstić information content (AvgIpc) is 2.55. The van der Waals surface area contributed by atoms with Crippen molar-refractivity contribution < 1.29 is 9.90 Å². The van der Waals surface area contributed by atoms with Crippen molar-refractivity contribution in [2.24, 2.45) is 0 Å². The quantitative estimate of drug-likeness (QED) is 0.650. The van der Waals surface area contributed by atoms with Crippen LogP contribution in [0.3, 0.4) is 0 Å². The van der Waals surface area contributed by atoms with Crippen LogP contribution in [-0.2, 0) is 4.79 Å². The van der Waals surface area contributed by atoms with E-state index in [2.05, 4.69) is 17.6 Å². The molecule has 122 valence electrons. The van der Waals surface area contributed by atoms with Crippen molar-refractivity contribution in [3.05, 3.63) is 64.7 Å². The zero-order valence-electron chi connectivity index (χ0n) is 13.0. The Balaban J connectivity index is 1.82. The van der Waals surface area contributed by atoms with Crippen LogP contribution in [0.25, 0.3) is 0 Å². The zero-order valence-corrected chi connectivity index (χ0v) is 13.8. The van der Waals surface area contributed by atoms with E-state index in [1.54, 1.807) is 12.1 Å². The monoisotopic (exact) mass is 332 g/mol. The molecule has 0 aliphatic rings. The second-order valence-corrected chi connectivity index (χ2v) is 5.95. The molecule has 0 heterocycles.